The Morgan fingerprint density at radius 2 is 1.62 bits per heavy atom. The van der Waals surface area contributed by atoms with Gasteiger partial charge in [-0.1, -0.05) is 36.8 Å². The zero-order chi connectivity index (χ0) is 27.1. The van der Waals surface area contributed by atoms with Crippen molar-refractivity contribution in [1.29, 1.82) is 0 Å². The Balaban J connectivity index is 1.68. The van der Waals surface area contributed by atoms with E-state index < -0.39 is 52.1 Å². The van der Waals surface area contributed by atoms with Crippen LogP contribution in [-0.4, -0.2) is 58.7 Å². The fourth-order valence-corrected chi connectivity index (χ4v) is 4.84. The number of hydrogen-bond acceptors (Lipinski definition) is 7. The molecule has 1 saturated heterocycles. The summed E-state index contributed by atoms with van der Waals surface area (Å²) in [5.41, 5.74) is -0.579. The van der Waals surface area contributed by atoms with Crippen LogP contribution in [0.2, 0.25) is 0 Å². The van der Waals surface area contributed by atoms with E-state index in [1.807, 2.05) is 18.2 Å². The molecule has 1 saturated carbocycles. The van der Waals surface area contributed by atoms with E-state index in [-0.39, 0.29) is 6.42 Å². The van der Waals surface area contributed by atoms with Crippen LogP contribution in [0.5, 0.6) is 0 Å². The van der Waals surface area contributed by atoms with Crippen LogP contribution >= 0.6 is 23.2 Å². The normalized spacial score (nSPS) is 26.0. The maximum Gasteiger partial charge on any atom is 0.414 e. The third-order valence-corrected chi connectivity index (χ3v) is 7.27. The predicted octanol–water partition coefficient (Wildman–Crippen LogP) is 4.61. The van der Waals surface area contributed by atoms with Gasteiger partial charge in [0.15, 0.2) is 0 Å². The van der Waals surface area contributed by atoms with E-state index in [9.17, 15) is 19.2 Å². The number of benzene rings is 1. The van der Waals surface area contributed by atoms with Crippen LogP contribution in [0.3, 0.4) is 0 Å². The van der Waals surface area contributed by atoms with E-state index in [0.717, 1.165) is 25.7 Å². The zero-order valence-electron chi connectivity index (χ0n) is 21.1. The van der Waals surface area contributed by atoms with Crippen molar-refractivity contribution in [3.63, 3.8) is 0 Å². The summed E-state index contributed by atoms with van der Waals surface area (Å²) < 4.78 is 17.2. The second-order valence-electron chi connectivity index (χ2n) is 9.69. The van der Waals surface area contributed by atoms with Gasteiger partial charge in [-0.05, 0) is 57.9 Å². The third-order valence-electron chi connectivity index (χ3n) is 6.87. The van der Waals surface area contributed by atoms with Gasteiger partial charge in [-0.3, -0.25) is 20.2 Å². The van der Waals surface area contributed by atoms with Gasteiger partial charge in [-0.15, -0.1) is 23.2 Å². The number of carbonyl (C=O) groups excluding carboxylic acids is 4. The van der Waals surface area contributed by atoms with Crippen LogP contribution in [0.25, 0.3) is 0 Å². The maximum absolute atomic E-state index is 12.7. The lowest BCUT2D eigenvalue weighted by Gasteiger charge is -2.44. The Kier molecular flexibility index (Phi) is 10.2. The summed E-state index contributed by atoms with van der Waals surface area (Å²) in [7, 11) is 0. The number of epoxide rings is 1. The molecule has 1 aliphatic heterocycles. The Labute approximate surface area is 226 Å². The van der Waals surface area contributed by atoms with Crippen molar-refractivity contribution in [3.8, 4) is 0 Å². The first-order valence-electron chi connectivity index (χ1n) is 12.6. The van der Waals surface area contributed by atoms with Crippen molar-refractivity contribution in [2.45, 2.75) is 93.3 Å². The highest BCUT2D eigenvalue weighted by Gasteiger charge is 2.66. The van der Waals surface area contributed by atoms with E-state index in [2.05, 4.69) is 22.8 Å². The van der Waals surface area contributed by atoms with Crippen molar-refractivity contribution in [2.24, 2.45) is 0 Å². The van der Waals surface area contributed by atoms with Crippen LogP contribution in [0.15, 0.2) is 30.3 Å². The van der Waals surface area contributed by atoms with Crippen molar-refractivity contribution in [3.05, 3.63) is 35.9 Å². The lowest BCUT2D eigenvalue weighted by molar-refractivity contribution is -0.125. The monoisotopic (exact) mass is 556 g/mol. The van der Waals surface area contributed by atoms with E-state index in [0.29, 0.717) is 25.9 Å². The fraction of sp³-hybridized carbons (Fsp3) is 0.615. The number of amides is 4. The third kappa shape index (κ3) is 8.06. The molecule has 2 N–H and O–H groups in total. The van der Waals surface area contributed by atoms with Gasteiger partial charge < -0.3 is 14.2 Å². The lowest BCUT2D eigenvalue weighted by atomic mass is 9.71. The van der Waals surface area contributed by atoms with Gasteiger partial charge >= 0.3 is 12.2 Å². The molecule has 3 rings (SSSR count). The molecule has 2 fully saturated rings. The van der Waals surface area contributed by atoms with Gasteiger partial charge in [-0.2, -0.15) is 0 Å². The molecule has 1 aromatic rings. The quantitative estimate of drug-likeness (QED) is 0.245. The largest absolute Gasteiger partial charge is 0.446 e. The highest BCUT2D eigenvalue weighted by atomic mass is 35.5. The molecule has 5 unspecified atom stereocenters. The summed E-state index contributed by atoms with van der Waals surface area (Å²) in [4.78, 5) is 48.7. The van der Waals surface area contributed by atoms with Crippen molar-refractivity contribution in [1.82, 2.24) is 10.6 Å². The first-order valence-corrected chi connectivity index (χ1v) is 13.4. The number of alkyl halides is 2. The number of unbranched alkanes of at least 4 members (excludes halogenated alkanes) is 2. The molecule has 5 atom stereocenters. The molecule has 37 heavy (non-hydrogen) atoms. The summed E-state index contributed by atoms with van der Waals surface area (Å²) in [6.07, 6.45) is 2.60. The molecule has 0 aromatic heterocycles. The van der Waals surface area contributed by atoms with Crippen LogP contribution < -0.4 is 10.6 Å². The average Bonchev–Trinajstić information content (AvgIpc) is 3.63. The second-order valence-corrected chi connectivity index (χ2v) is 11.0. The SMILES string of the molecule is CC(Cl)C(=O)NC(=O)OC1CCC2(CO2)C(CCCCCc2ccccc2)(OC(=O)NC(=O)C(C)Cl)C1. The first kappa shape index (κ1) is 29.2. The minimum absolute atomic E-state index is 0.168. The Morgan fingerprint density at radius 1 is 1.00 bits per heavy atom. The number of aryl methyl sites for hydroxylation is 1. The van der Waals surface area contributed by atoms with E-state index in [4.69, 9.17) is 37.4 Å². The smallest absolute Gasteiger partial charge is 0.414 e. The number of halogens is 2. The molecular formula is C26H34Cl2N2O7. The summed E-state index contributed by atoms with van der Waals surface area (Å²) in [5.74, 6) is -1.34. The van der Waals surface area contributed by atoms with Gasteiger partial charge in [0.2, 0.25) is 11.8 Å². The van der Waals surface area contributed by atoms with Gasteiger partial charge in [0.1, 0.15) is 28.1 Å². The fourth-order valence-electron chi connectivity index (χ4n) is 4.73. The van der Waals surface area contributed by atoms with Crippen molar-refractivity contribution >= 4 is 47.2 Å². The highest BCUT2D eigenvalue weighted by Crippen LogP contribution is 2.53. The zero-order valence-corrected chi connectivity index (χ0v) is 22.6. The number of ether oxygens (including phenoxy) is 3. The Bertz CT molecular complexity index is 969. The summed E-state index contributed by atoms with van der Waals surface area (Å²) in [6.45, 7) is 3.28. The molecule has 2 aliphatic rings. The van der Waals surface area contributed by atoms with Crippen molar-refractivity contribution < 1.29 is 33.4 Å². The molecular weight excluding hydrogens is 523 g/mol. The molecule has 1 spiro atoms. The number of hydrogen-bond donors (Lipinski definition) is 2. The molecule has 0 radical (unpaired) electrons. The number of alkyl carbamates (subject to hydrolysis) is 2. The summed E-state index contributed by atoms with van der Waals surface area (Å²) in [6, 6.07) is 10.2. The van der Waals surface area contributed by atoms with Crippen LogP contribution in [0.1, 0.15) is 64.4 Å². The van der Waals surface area contributed by atoms with E-state index in [1.165, 1.54) is 19.4 Å². The molecule has 204 valence electrons. The topological polar surface area (TPSA) is 123 Å². The van der Waals surface area contributed by atoms with Crippen LogP contribution in [0, 0.1) is 0 Å². The highest BCUT2D eigenvalue weighted by molar-refractivity contribution is 6.31. The Morgan fingerprint density at radius 3 is 2.22 bits per heavy atom. The number of imide groups is 2. The van der Waals surface area contributed by atoms with E-state index in [1.54, 1.807) is 0 Å². The van der Waals surface area contributed by atoms with Gasteiger partial charge in [-0.25, -0.2) is 9.59 Å². The number of carbonyl (C=O) groups is 4. The standard InChI is InChI=1S/C26H34Cl2N2O7/c1-17(27)21(31)29-23(33)36-20-12-14-26(16-35-26)25(15-20,37-24(34)30-22(32)18(2)28)13-8-4-7-11-19-9-5-3-6-10-19/h3,5-6,9-10,17-18,20H,4,7-8,11-16H2,1-2H3,(H,29,31,33)(H,30,32,34). The maximum atomic E-state index is 12.7. The molecule has 4 amide bonds. The van der Waals surface area contributed by atoms with Gasteiger partial charge in [0, 0.05) is 6.42 Å². The molecule has 9 nitrogen and oxygen atoms in total. The lowest BCUT2D eigenvalue weighted by Crippen LogP contribution is -2.57. The van der Waals surface area contributed by atoms with Crippen molar-refractivity contribution in [2.75, 3.05) is 6.61 Å². The summed E-state index contributed by atoms with van der Waals surface area (Å²) >= 11 is 11.5. The first-order chi connectivity index (χ1) is 17.6. The van der Waals surface area contributed by atoms with E-state index >= 15 is 0 Å². The predicted molar refractivity (Wildman–Crippen MR) is 138 cm³/mol. The van der Waals surface area contributed by atoms with Gasteiger partial charge in [0.05, 0.1) is 6.61 Å². The summed E-state index contributed by atoms with van der Waals surface area (Å²) in [5, 5.41) is 2.46. The van der Waals surface area contributed by atoms with Crippen LogP contribution in [0.4, 0.5) is 9.59 Å². The Hall–Kier alpha value is -2.36. The minimum Gasteiger partial charge on any atom is -0.446 e. The average molecular weight is 557 g/mol. The molecule has 0 bridgehead atoms. The van der Waals surface area contributed by atoms with Gasteiger partial charge in [0.25, 0.3) is 0 Å². The molecule has 1 aliphatic carbocycles. The minimum atomic E-state index is -1.12. The molecule has 11 heteroatoms. The molecule has 1 heterocycles. The molecule has 1 aromatic carbocycles. The second kappa shape index (κ2) is 12.9. The number of rotatable bonds is 10. The number of nitrogens with one attached hydrogen (secondary N) is 2. The van der Waals surface area contributed by atoms with Crippen LogP contribution in [-0.2, 0) is 30.2 Å².